The lowest BCUT2D eigenvalue weighted by Gasteiger charge is -2.33. The molecule has 10 heteroatoms. The van der Waals surface area contributed by atoms with E-state index in [9.17, 15) is 13.2 Å². The van der Waals surface area contributed by atoms with Crippen LogP contribution in [0, 0.1) is 0 Å². The van der Waals surface area contributed by atoms with E-state index in [4.69, 9.17) is 11.6 Å². The van der Waals surface area contributed by atoms with E-state index in [2.05, 4.69) is 15.4 Å². The van der Waals surface area contributed by atoms with Crippen molar-refractivity contribution < 1.29 is 13.2 Å². The second kappa shape index (κ2) is 7.93. The Labute approximate surface area is 163 Å². The van der Waals surface area contributed by atoms with Crippen LogP contribution < -0.4 is 0 Å². The summed E-state index contributed by atoms with van der Waals surface area (Å²) in [7, 11) is -3.08. The molecule has 0 spiro atoms. The molecule has 1 aliphatic rings. The van der Waals surface area contributed by atoms with E-state index in [1.807, 2.05) is 13.8 Å². The molecular formula is C17H22ClN5O3S. The second-order valence-electron chi connectivity index (χ2n) is 6.77. The van der Waals surface area contributed by atoms with Crippen molar-refractivity contribution >= 4 is 27.3 Å². The third-order valence-corrected chi connectivity index (χ3v) is 6.79. The highest BCUT2D eigenvalue weighted by atomic mass is 35.5. The van der Waals surface area contributed by atoms with Crippen LogP contribution in [0.3, 0.4) is 0 Å². The highest BCUT2D eigenvalue weighted by Crippen LogP contribution is 2.22. The molecule has 1 aromatic heterocycles. The van der Waals surface area contributed by atoms with E-state index < -0.39 is 9.84 Å². The summed E-state index contributed by atoms with van der Waals surface area (Å²) in [5.41, 5.74) is 0.749. The maximum absolute atomic E-state index is 12.9. The fraction of sp³-hybridized carbons (Fsp3) is 0.529. The summed E-state index contributed by atoms with van der Waals surface area (Å²) < 4.78 is 23.7. The topological polar surface area (TPSA) is 98.1 Å². The number of halogens is 1. The summed E-state index contributed by atoms with van der Waals surface area (Å²) in [6, 6.07) is 6.66. The van der Waals surface area contributed by atoms with Gasteiger partial charge in [-0.25, -0.2) is 8.42 Å². The van der Waals surface area contributed by atoms with Gasteiger partial charge in [0, 0.05) is 22.7 Å². The Kier molecular flexibility index (Phi) is 5.81. The van der Waals surface area contributed by atoms with Gasteiger partial charge in [-0.2, -0.15) is 4.80 Å². The van der Waals surface area contributed by atoms with Crippen molar-refractivity contribution in [3.05, 3.63) is 29.3 Å². The number of benzene rings is 1. The van der Waals surface area contributed by atoms with E-state index in [1.54, 1.807) is 29.2 Å². The van der Waals surface area contributed by atoms with E-state index in [-0.39, 0.29) is 36.0 Å². The molecule has 2 aromatic rings. The lowest BCUT2D eigenvalue weighted by molar-refractivity contribution is -0.136. The number of amides is 1. The molecule has 2 atom stereocenters. The van der Waals surface area contributed by atoms with Gasteiger partial charge in [0.25, 0.3) is 0 Å². The average Bonchev–Trinajstić information content (AvgIpc) is 3.22. The minimum atomic E-state index is -3.08. The number of rotatable bonds is 6. The number of carbonyl (C=O) groups excluding carboxylic acids is 1. The van der Waals surface area contributed by atoms with Gasteiger partial charge < -0.3 is 4.90 Å². The van der Waals surface area contributed by atoms with Crippen LogP contribution in [-0.4, -0.2) is 63.0 Å². The van der Waals surface area contributed by atoms with Crippen molar-refractivity contribution in [2.24, 2.45) is 0 Å². The molecular weight excluding hydrogens is 390 g/mol. The quantitative estimate of drug-likeness (QED) is 0.718. The van der Waals surface area contributed by atoms with Crippen molar-refractivity contribution in [1.82, 2.24) is 25.1 Å². The predicted molar refractivity (Wildman–Crippen MR) is 102 cm³/mol. The number of carbonyl (C=O) groups is 1. The van der Waals surface area contributed by atoms with E-state index in [0.29, 0.717) is 17.3 Å². The molecule has 8 nitrogen and oxygen atoms in total. The first-order valence-electron chi connectivity index (χ1n) is 8.84. The largest absolute Gasteiger partial charge is 0.334 e. The Morgan fingerprint density at radius 2 is 2.07 bits per heavy atom. The van der Waals surface area contributed by atoms with E-state index in [0.717, 1.165) is 12.0 Å². The Morgan fingerprint density at radius 3 is 2.67 bits per heavy atom. The first-order valence-corrected chi connectivity index (χ1v) is 11.0. The molecule has 0 N–H and O–H groups in total. The molecule has 146 valence electrons. The number of nitrogens with zero attached hydrogens (tertiary/aromatic N) is 5. The first-order chi connectivity index (χ1) is 12.8. The highest BCUT2D eigenvalue weighted by molar-refractivity contribution is 7.91. The molecule has 0 unspecified atom stereocenters. The Hall–Kier alpha value is -2.00. The zero-order valence-corrected chi connectivity index (χ0v) is 16.8. The van der Waals surface area contributed by atoms with Crippen LogP contribution in [0.25, 0.3) is 11.4 Å². The van der Waals surface area contributed by atoms with Crippen molar-refractivity contribution in [3.8, 4) is 11.4 Å². The average molecular weight is 412 g/mol. The van der Waals surface area contributed by atoms with Crippen molar-refractivity contribution in [1.29, 1.82) is 0 Å². The van der Waals surface area contributed by atoms with Gasteiger partial charge in [0.15, 0.2) is 9.84 Å². The SMILES string of the molecule is CC[C@H](C)N(C(=O)Cn1nnc(-c2ccc(Cl)cc2)n1)[C@H]1CCS(=O)(=O)C1. The molecule has 1 fully saturated rings. The summed E-state index contributed by atoms with van der Waals surface area (Å²) in [6.07, 6.45) is 1.21. The minimum Gasteiger partial charge on any atom is -0.334 e. The molecule has 0 radical (unpaired) electrons. The van der Waals surface area contributed by atoms with Gasteiger partial charge >= 0.3 is 0 Å². The summed E-state index contributed by atoms with van der Waals surface area (Å²) in [4.78, 5) is 15.8. The summed E-state index contributed by atoms with van der Waals surface area (Å²) in [6.45, 7) is 3.82. The summed E-state index contributed by atoms with van der Waals surface area (Å²) in [5, 5.41) is 12.8. The number of hydrogen-bond acceptors (Lipinski definition) is 6. The van der Waals surface area contributed by atoms with Crippen LogP contribution in [0.4, 0.5) is 0 Å². The zero-order valence-electron chi connectivity index (χ0n) is 15.2. The number of hydrogen-bond donors (Lipinski definition) is 0. The lowest BCUT2D eigenvalue weighted by atomic mass is 10.1. The van der Waals surface area contributed by atoms with E-state index >= 15 is 0 Å². The third-order valence-electron chi connectivity index (χ3n) is 4.79. The van der Waals surface area contributed by atoms with Gasteiger partial charge in [0.1, 0.15) is 6.54 Å². The van der Waals surface area contributed by atoms with Crippen LogP contribution in [0.15, 0.2) is 24.3 Å². The zero-order chi connectivity index (χ0) is 19.6. The molecule has 1 aliphatic heterocycles. The molecule has 1 aromatic carbocycles. The van der Waals surface area contributed by atoms with Gasteiger partial charge in [0.05, 0.1) is 11.5 Å². The second-order valence-corrected chi connectivity index (χ2v) is 9.43. The molecule has 1 amide bonds. The van der Waals surface area contributed by atoms with Crippen molar-refractivity contribution in [3.63, 3.8) is 0 Å². The fourth-order valence-electron chi connectivity index (χ4n) is 3.23. The third kappa shape index (κ3) is 4.65. The van der Waals surface area contributed by atoms with Crippen molar-refractivity contribution in [2.45, 2.75) is 45.3 Å². The van der Waals surface area contributed by atoms with Crippen LogP contribution in [0.2, 0.25) is 5.02 Å². The standard InChI is InChI=1S/C17H22ClN5O3S/c1-3-12(2)23(15-8-9-27(25,26)11-15)16(24)10-22-20-17(19-21-22)13-4-6-14(18)7-5-13/h4-7,12,15H,3,8-11H2,1-2H3/t12-,15-/m0/s1. The van der Waals surface area contributed by atoms with Crippen molar-refractivity contribution in [2.75, 3.05) is 11.5 Å². The maximum atomic E-state index is 12.9. The van der Waals surface area contributed by atoms with Crippen LogP contribution >= 0.6 is 11.6 Å². The van der Waals surface area contributed by atoms with Crippen LogP contribution in [0.5, 0.6) is 0 Å². The normalized spacial score (nSPS) is 19.7. The summed E-state index contributed by atoms with van der Waals surface area (Å²) >= 11 is 5.88. The Balaban J connectivity index is 1.75. The highest BCUT2D eigenvalue weighted by Gasteiger charge is 2.36. The van der Waals surface area contributed by atoms with E-state index in [1.165, 1.54) is 4.80 Å². The minimum absolute atomic E-state index is 0.0177. The maximum Gasteiger partial charge on any atom is 0.246 e. The molecule has 0 aliphatic carbocycles. The molecule has 27 heavy (non-hydrogen) atoms. The van der Waals surface area contributed by atoms with Crippen LogP contribution in [-0.2, 0) is 21.2 Å². The monoisotopic (exact) mass is 411 g/mol. The molecule has 1 saturated heterocycles. The van der Waals surface area contributed by atoms with Crippen LogP contribution in [0.1, 0.15) is 26.7 Å². The Bertz CT molecular complexity index is 913. The van der Waals surface area contributed by atoms with Gasteiger partial charge in [-0.1, -0.05) is 18.5 Å². The predicted octanol–water partition coefficient (Wildman–Crippen LogP) is 1.81. The van der Waals surface area contributed by atoms with Gasteiger partial charge in [-0.05, 0) is 49.2 Å². The summed E-state index contributed by atoms with van der Waals surface area (Å²) in [5.74, 6) is 0.342. The Morgan fingerprint density at radius 1 is 1.37 bits per heavy atom. The van der Waals surface area contributed by atoms with Gasteiger partial charge in [-0.15, -0.1) is 10.2 Å². The number of aromatic nitrogens is 4. The smallest absolute Gasteiger partial charge is 0.246 e. The fourth-order valence-corrected chi connectivity index (χ4v) is 5.07. The molecule has 2 heterocycles. The molecule has 0 bridgehead atoms. The lowest BCUT2D eigenvalue weighted by Crippen LogP contribution is -2.48. The molecule has 0 saturated carbocycles. The number of sulfone groups is 1. The van der Waals surface area contributed by atoms with Gasteiger partial charge in [-0.3, -0.25) is 4.79 Å². The molecule has 3 rings (SSSR count). The first kappa shape index (κ1) is 19.8. The van der Waals surface area contributed by atoms with Gasteiger partial charge in [0.2, 0.25) is 11.7 Å². The number of tetrazole rings is 1.